The molecule has 4 nitrogen and oxygen atoms in total. The number of carbonyl (C=O) groups excluding carboxylic acids is 1. The number of rotatable bonds is 2. The third kappa shape index (κ3) is 3.75. The second kappa shape index (κ2) is 6.89. The lowest BCUT2D eigenvalue weighted by molar-refractivity contribution is 0.0636. The Balaban J connectivity index is 2.18. The smallest absolute Gasteiger partial charge is 0.412 e. The lowest BCUT2D eigenvalue weighted by Crippen LogP contribution is -2.27. The van der Waals surface area contributed by atoms with E-state index in [1.807, 2.05) is 69.3 Å². The Morgan fingerprint density at radius 3 is 2.50 bits per heavy atom. The summed E-state index contributed by atoms with van der Waals surface area (Å²) in [6, 6.07) is 17.2. The van der Waals surface area contributed by atoms with Crippen LogP contribution in [0.25, 0.3) is 21.9 Å². The molecule has 5 heteroatoms. The van der Waals surface area contributed by atoms with Gasteiger partial charge in [-0.1, -0.05) is 54.1 Å². The van der Waals surface area contributed by atoms with Crippen LogP contribution in [0.3, 0.4) is 0 Å². The van der Waals surface area contributed by atoms with Crippen molar-refractivity contribution >= 4 is 39.8 Å². The number of halogens is 1. The highest BCUT2D eigenvalue weighted by Crippen LogP contribution is 2.41. The summed E-state index contributed by atoms with van der Waals surface area (Å²) < 4.78 is 5.39. The molecule has 0 spiro atoms. The molecule has 0 bridgehead atoms. The number of carbonyl (C=O) groups is 1. The molecular formula is C21H21ClN2O2. The van der Waals surface area contributed by atoms with Crippen LogP contribution in [0, 0.1) is 0 Å². The van der Waals surface area contributed by atoms with Gasteiger partial charge in [0.05, 0.1) is 16.4 Å². The molecule has 3 rings (SSSR count). The lowest BCUT2D eigenvalue weighted by Gasteiger charge is -2.21. The number of nitrogens with one attached hydrogen (secondary N) is 1. The van der Waals surface area contributed by atoms with E-state index in [9.17, 15) is 4.79 Å². The molecule has 3 N–H and O–H groups in total. The maximum atomic E-state index is 12.3. The van der Waals surface area contributed by atoms with Crippen molar-refractivity contribution in [2.45, 2.75) is 26.4 Å². The number of ether oxygens (including phenoxy) is 1. The highest BCUT2D eigenvalue weighted by atomic mass is 35.5. The number of nitrogen functional groups attached to an aromatic ring is 1. The normalized spacial score (nSPS) is 11.4. The third-order valence-electron chi connectivity index (χ3n) is 3.86. The number of nitrogens with two attached hydrogens (primary N) is 1. The molecule has 0 fully saturated rings. The van der Waals surface area contributed by atoms with Crippen molar-refractivity contribution in [2.75, 3.05) is 11.1 Å². The van der Waals surface area contributed by atoms with Crippen LogP contribution in [0.2, 0.25) is 5.02 Å². The molecule has 0 aliphatic heterocycles. The Morgan fingerprint density at radius 1 is 1.04 bits per heavy atom. The predicted octanol–water partition coefficient (Wildman–Crippen LogP) is 6.09. The van der Waals surface area contributed by atoms with Gasteiger partial charge in [-0.2, -0.15) is 0 Å². The minimum atomic E-state index is -0.587. The van der Waals surface area contributed by atoms with E-state index in [4.69, 9.17) is 22.1 Å². The molecule has 0 heterocycles. The van der Waals surface area contributed by atoms with E-state index in [2.05, 4.69) is 5.32 Å². The van der Waals surface area contributed by atoms with Crippen LogP contribution >= 0.6 is 11.6 Å². The number of fused-ring (bicyclic) bond motifs is 1. The Morgan fingerprint density at radius 2 is 1.77 bits per heavy atom. The van der Waals surface area contributed by atoms with Crippen LogP contribution in [0.4, 0.5) is 16.2 Å². The number of hydrogen-bond acceptors (Lipinski definition) is 3. The van der Waals surface area contributed by atoms with Crippen LogP contribution in [0.1, 0.15) is 20.8 Å². The fourth-order valence-electron chi connectivity index (χ4n) is 2.82. The minimum absolute atomic E-state index is 0.455. The minimum Gasteiger partial charge on any atom is -0.444 e. The van der Waals surface area contributed by atoms with Gasteiger partial charge in [-0.3, -0.25) is 5.32 Å². The average Bonchev–Trinajstić information content (AvgIpc) is 2.56. The van der Waals surface area contributed by atoms with E-state index >= 15 is 0 Å². The highest BCUT2D eigenvalue weighted by Gasteiger charge is 2.20. The van der Waals surface area contributed by atoms with Crippen molar-refractivity contribution in [3.63, 3.8) is 0 Å². The Hall–Kier alpha value is -2.72. The van der Waals surface area contributed by atoms with Gasteiger partial charge in [-0.15, -0.1) is 0 Å². The summed E-state index contributed by atoms with van der Waals surface area (Å²) in [7, 11) is 0. The fraction of sp³-hybridized carbons (Fsp3) is 0.190. The molecule has 1 amide bonds. The molecular weight excluding hydrogens is 348 g/mol. The summed E-state index contributed by atoms with van der Waals surface area (Å²) in [5.74, 6) is 0. The molecule has 0 aliphatic carbocycles. The quantitative estimate of drug-likeness (QED) is 0.538. The second-order valence-corrected chi connectivity index (χ2v) is 7.42. The zero-order valence-corrected chi connectivity index (χ0v) is 15.7. The molecule has 0 saturated carbocycles. The molecule has 0 aliphatic rings. The zero-order chi connectivity index (χ0) is 18.9. The fourth-order valence-corrected chi connectivity index (χ4v) is 3.04. The maximum absolute atomic E-state index is 12.3. The van der Waals surface area contributed by atoms with Crippen LogP contribution in [0.15, 0.2) is 54.6 Å². The van der Waals surface area contributed by atoms with Crippen molar-refractivity contribution in [1.29, 1.82) is 0 Å². The van der Waals surface area contributed by atoms with Gasteiger partial charge in [0, 0.05) is 11.1 Å². The van der Waals surface area contributed by atoms with Crippen LogP contribution < -0.4 is 11.1 Å². The predicted molar refractivity (Wildman–Crippen MR) is 109 cm³/mol. The summed E-state index contributed by atoms with van der Waals surface area (Å²) in [5, 5.41) is 5.30. The molecule has 26 heavy (non-hydrogen) atoms. The van der Waals surface area contributed by atoms with Gasteiger partial charge >= 0.3 is 6.09 Å². The number of benzene rings is 3. The van der Waals surface area contributed by atoms with Crippen LogP contribution in [0.5, 0.6) is 0 Å². The van der Waals surface area contributed by atoms with Crippen molar-refractivity contribution in [2.24, 2.45) is 0 Å². The summed E-state index contributed by atoms with van der Waals surface area (Å²) in [6.07, 6.45) is -0.519. The summed E-state index contributed by atoms with van der Waals surface area (Å²) in [4.78, 5) is 12.3. The molecule has 3 aromatic carbocycles. The highest BCUT2D eigenvalue weighted by molar-refractivity contribution is 6.36. The molecule has 0 saturated heterocycles. The van der Waals surface area contributed by atoms with Crippen molar-refractivity contribution in [1.82, 2.24) is 0 Å². The van der Waals surface area contributed by atoms with Crippen molar-refractivity contribution < 1.29 is 9.53 Å². The first-order chi connectivity index (χ1) is 12.3. The molecule has 0 unspecified atom stereocenters. The van der Waals surface area contributed by atoms with Gasteiger partial charge in [-0.25, -0.2) is 4.79 Å². The van der Waals surface area contributed by atoms with Crippen molar-refractivity contribution in [3.8, 4) is 11.1 Å². The zero-order valence-electron chi connectivity index (χ0n) is 15.0. The lowest BCUT2D eigenvalue weighted by atomic mass is 9.96. The van der Waals surface area contributed by atoms with E-state index in [1.54, 1.807) is 6.07 Å². The van der Waals surface area contributed by atoms with E-state index in [-0.39, 0.29) is 0 Å². The molecule has 134 valence electrons. The van der Waals surface area contributed by atoms with E-state index in [0.717, 1.165) is 21.9 Å². The molecule has 0 atom stereocenters. The Kier molecular flexibility index (Phi) is 4.79. The topological polar surface area (TPSA) is 64.3 Å². The monoisotopic (exact) mass is 368 g/mol. The van der Waals surface area contributed by atoms with Crippen LogP contribution in [-0.4, -0.2) is 11.7 Å². The summed E-state index contributed by atoms with van der Waals surface area (Å²) in [5.41, 5.74) is 8.08. The number of hydrogen-bond donors (Lipinski definition) is 2. The van der Waals surface area contributed by atoms with E-state index in [0.29, 0.717) is 16.4 Å². The largest absolute Gasteiger partial charge is 0.444 e. The third-order valence-corrected chi connectivity index (χ3v) is 4.28. The summed E-state index contributed by atoms with van der Waals surface area (Å²) in [6.45, 7) is 5.47. The SMILES string of the molecule is CC(C)(C)OC(=O)Nc1ccc2ccccc2c1-c1cccc(N)c1Cl. The van der Waals surface area contributed by atoms with Crippen molar-refractivity contribution in [3.05, 3.63) is 59.6 Å². The first-order valence-corrected chi connectivity index (χ1v) is 8.70. The van der Waals surface area contributed by atoms with Gasteiger partial charge < -0.3 is 10.5 Å². The van der Waals surface area contributed by atoms with Gasteiger partial charge in [0.1, 0.15) is 5.60 Å². The van der Waals surface area contributed by atoms with E-state index in [1.165, 1.54) is 0 Å². The Labute approximate surface area is 157 Å². The number of anilines is 2. The molecule has 0 aromatic heterocycles. The van der Waals surface area contributed by atoms with Gasteiger partial charge in [0.2, 0.25) is 0 Å². The average molecular weight is 369 g/mol. The molecule has 3 aromatic rings. The van der Waals surface area contributed by atoms with E-state index < -0.39 is 11.7 Å². The standard InChI is InChI=1S/C21H21ClN2O2/c1-21(2,3)26-20(25)24-17-12-11-13-7-4-5-8-14(13)18(17)15-9-6-10-16(23)19(15)22/h4-12H,23H2,1-3H3,(H,24,25). The second-order valence-electron chi connectivity index (χ2n) is 7.04. The Bertz CT molecular complexity index is 977. The summed E-state index contributed by atoms with van der Waals surface area (Å²) >= 11 is 6.47. The van der Waals surface area contributed by atoms with Crippen LogP contribution in [-0.2, 0) is 4.74 Å². The first kappa shape index (κ1) is 18.1. The first-order valence-electron chi connectivity index (χ1n) is 8.32. The maximum Gasteiger partial charge on any atom is 0.412 e. The number of amides is 1. The van der Waals surface area contributed by atoms with Gasteiger partial charge in [-0.05, 0) is 43.7 Å². The molecule has 0 radical (unpaired) electrons. The van der Waals surface area contributed by atoms with Gasteiger partial charge in [0.25, 0.3) is 0 Å². The van der Waals surface area contributed by atoms with Gasteiger partial charge in [0.15, 0.2) is 0 Å².